The number of hydrogen-bond acceptors (Lipinski definition) is 1. The van der Waals surface area contributed by atoms with E-state index in [-0.39, 0.29) is 0 Å². The van der Waals surface area contributed by atoms with Gasteiger partial charge in [-0.3, -0.25) is 4.90 Å². The van der Waals surface area contributed by atoms with Crippen molar-refractivity contribution in [1.29, 1.82) is 0 Å². The molecule has 0 radical (unpaired) electrons. The Kier molecular flexibility index (Phi) is 6.70. The molecule has 212 valence electrons. The second-order valence-electron chi connectivity index (χ2n) is 11.7. The highest BCUT2D eigenvalue weighted by Gasteiger charge is 2.18. The van der Waals surface area contributed by atoms with E-state index >= 15 is 0 Å². The molecule has 8 aromatic rings. The molecular weight excluding hydrogens is 532 g/mol. The van der Waals surface area contributed by atoms with Crippen LogP contribution in [-0.4, -0.2) is 16.0 Å². The van der Waals surface area contributed by atoms with E-state index in [1.807, 2.05) is 0 Å². The summed E-state index contributed by atoms with van der Waals surface area (Å²) in [6.07, 6.45) is 0. The van der Waals surface area contributed by atoms with Crippen molar-refractivity contribution < 1.29 is 0 Å². The number of nitrogens with zero attached hydrogens (tertiary/aromatic N) is 2. The van der Waals surface area contributed by atoms with Gasteiger partial charge in [0.1, 0.15) is 0 Å². The first-order chi connectivity index (χ1) is 21.8. The number of hydrogen-bond donors (Lipinski definition) is 0. The molecule has 0 fully saturated rings. The predicted molar refractivity (Wildman–Crippen MR) is 187 cm³/mol. The molecule has 0 aliphatic rings. The van der Waals surface area contributed by atoms with Crippen LogP contribution in [0.4, 0.5) is 0 Å². The highest BCUT2D eigenvalue weighted by Crippen LogP contribution is 2.40. The summed E-state index contributed by atoms with van der Waals surface area (Å²) >= 11 is 0. The zero-order valence-electron chi connectivity index (χ0n) is 24.9. The molecule has 1 aromatic heterocycles. The van der Waals surface area contributed by atoms with E-state index < -0.39 is 0 Å². The van der Waals surface area contributed by atoms with E-state index in [9.17, 15) is 0 Å². The lowest BCUT2D eigenvalue weighted by atomic mass is 9.88. The fraction of sp³-hybridized carbons (Fsp3) is 0.0952. The maximum Gasteiger partial charge on any atom is 0.0541 e. The summed E-state index contributed by atoms with van der Waals surface area (Å²) in [5.74, 6) is 0. The Morgan fingerprint density at radius 1 is 0.477 bits per heavy atom. The zero-order valence-corrected chi connectivity index (χ0v) is 24.9. The molecule has 2 nitrogen and oxygen atoms in total. The normalized spacial score (nSPS) is 11.8. The summed E-state index contributed by atoms with van der Waals surface area (Å²) in [5.41, 5.74) is 9.02. The van der Waals surface area contributed by atoms with Gasteiger partial charge in [0, 0.05) is 29.5 Å². The smallest absolute Gasteiger partial charge is 0.0541 e. The highest BCUT2D eigenvalue weighted by atomic mass is 15.1. The third-order valence-electron chi connectivity index (χ3n) is 9.09. The van der Waals surface area contributed by atoms with Crippen molar-refractivity contribution in [3.05, 3.63) is 163 Å². The monoisotopic (exact) mass is 566 g/mol. The third-order valence-corrected chi connectivity index (χ3v) is 9.09. The van der Waals surface area contributed by atoms with Crippen LogP contribution in [0.15, 0.2) is 152 Å². The van der Waals surface area contributed by atoms with Crippen LogP contribution < -0.4 is 0 Å². The first-order valence-electron chi connectivity index (χ1n) is 15.6. The number of rotatable bonds is 7. The lowest BCUT2D eigenvalue weighted by Gasteiger charge is -2.24. The molecule has 0 atom stereocenters. The Balaban J connectivity index is 1.22. The maximum atomic E-state index is 2.58. The van der Waals surface area contributed by atoms with Crippen molar-refractivity contribution >= 4 is 43.4 Å². The summed E-state index contributed by atoms with van der Waals surface area (Å²) in [5, 5.41) is 7.91. The zero-order chi connectivity index (χ0) is 29.5. The fourth-order valence-electron chi connectivity index (χ4n) is 7.04. The van der Waals surface area contributed by atoms with Crippen LogP contribution >= 0.6 is 0 Å². The Morgan fingerprint density at radius 2 is 1.02 bits per heavy atom. The summed E-state index contributed by atoms with van der Waals surface area (Å²) < 4.78 is 2.39. The van der Waals surface area contributed by atoms with E-state index in [0.717, 1.165) is 19.6 Å². The largest absolute Gasteiger partial charge is 0.309 e. The second-order valence-corrected chi connectivity index (χ2v) is 11.7. The summed E-state index contributed by atoms with van der Waals surface area (Å²) in [4.78, 5) is 2.58. The van der Waals surface area contributed by atoms with Crippen LogP contribution in [0, 0.1) is 0 Å². The van der Waals surface area contributed by atoms with Gasteiger partial charge in [0.05, 0.1) is 11.0 Å². The van der Waals surface area contributed by atoms with Crippen LogP contribution in [0.25, 0.3) is 60.2 Å². The van der Waals surface area contributed by atoms with Gasteiger partial charge in [-0.2, -0.15) is 0 Å². The Morgan fingerprint density at radius 3 is 1.68 bits per heavy atom. The number of para-hydroxylation sites is 2. The molecule has 0 amide bonds. The van der Waals surface area contributed by atoms with Crippen LogP contribution in [0.1, 0.15) is 18.1 Å². The van der Waals surface area contributed by atoms with Gasteiger partial charge in [0.25, 0.3) is 0 Å². The molecule has 7 aromatic carbocycles. The lowest BCUT2D eigenvalue weighted by Crippen LogP contribution is -2.22. The molecule has 0 saturated carbocycles. The second kappa shape index (κ2) is 11.1. The van der Waals surface area contributed by atoms with Gasteiger partial charge < -0.3 is 4.57 Å². The van der Waals surface area contributed by atoms with E-state index in [0.29, 0.717) is 0 Å². The SMILES string of the molecule is CCN(Cc1ccc2c(c1)c1ccccc1n2-c1ccccc1)Cc1c2ccccc2c(-c2ccccc2)c2ccccc12. The quantitative estimate of drug-likeness (QED) is 0.174. The predicted octanol–water partition coefficient (Wildman–Crippen LogP) is 10.8. The minimum Gasteiger partial charge on any atom is -0.309 e. The summed E-state index contributed by atoms with van der Waals surface area (Å²) in [7, 11) is 0. The Hall–Kier alpha value is -5.18. The van der Waals surface area contributed by atoms with Crippen molar-refractivity contribution in [2.24, 2.45) is 0 Å². The topological polar surface area (TPSA) is 8.17 Å². The molecule has 0 saturated heterocycles. The number of fused-ring (bicyclic) bond motifs is 5. The molecule has 0 aliphatic heterocycles. The standard InChI is InChI=1S/C42H34N2/c1-2-43(28-30-25-26-41-38(27-30)35-21-13-14-24-40(35)44(41)32-17-7-4-8-18-32)29-39-33-19-9-11-22-36(33)42(31-15-5-3-6-16-31)37-23-12-10-20-34(37)39/h3-27H,2,28-29H2,1H3. The van der Waals surface area contributed by atoms with Crippen LogP contribution in [-0.2, 0) is 13.1 Å². The van der Waals surface area contributed by atoms with E-state index in [2.05, 4.69) is 168 Å². The average molecular weight is 567 g/mol. The molecule has 0 aliphatic carbocycles. The highest BCUT2D eigenvalue weighted by molar-refractivity contribution is 6.15. The molecule has 0 bridgehead atoms. The first-order valence-corrected chi connectivity index (χ1v) is 15.6. The molecule has 8 rings (SSSR count). The minimum atomic E-state index is 0.885. The van der Waals surface area contributed by atoms with Crippen molar-refractivity contribution in [1.82, 2.24) is 9.47 Å². The molecular formula is C42H34N2. The molecule has 2 heteroatoms. The molecule has 0 N–H and O–H groups in total. The van der Waals surface area contributed by atoms with Crippen molar-refractivity contribution in [3.63, 3.8) is 0 Å². The Labute approximate surface area is 258 Å². The van der Waals surface area contributed by atoms with E-state index in [4.69, 9.17) is 0 Å². The van der Waals surface area contributed by atoms with E-state index in [1.54, 1.807) is 0 Å². The molecule has 1 heterocycles. The number of benzene rings is 7. The van der Waals surface area contributed by atoms with Crippen LogP contribution in [0.5, 0.6) is 0 Å². The maximum absolute atomic E-state index is 2.58. The molecule has 0 unspecified atom stereocenters. The summed E-state index contributed by atoms with van der Waals surface area (Å²) in [6, 6.07) is 55.3. The van der Waals surface area contributed by atoms with Gasteiger partial charge in [-0.25, -0.2) is 0 Å². The lowest BCUT2D eigenvalue weighted by molar-refractivity contribution is 0.273. The van der Waals surface area contributed by atoms with Crippen LogP contribution in [0.2, 0.25) is 0 Å². The van der Waals surface area contributed by atoms with Gasteiger partial charge in [0.2, 0.25) is 0 Å². The van der Waals surface area contributed by atoms with Crippen molar-refractivity contribution in [2.75, 3.05) is 6.54 Å². The third kappa shape index (κ3) is 4.47. The van der Waals surface area contributed by atoms with Gasteiger partial charge in [-0.1, -0.05) is 128 Å². The van der Waals surface area contributed by atoms with Gasteiger partial charge in [0.15, 0.2) is 0 Å². The van der Waals surface area contributed by atoms with Crippen molar-refractivity contribution in [2.45, 2.75) is 20.0 Å². The Bertz CT molecular complexity index is 2200. The van der Waals surface area contributed by atoms with Gasteiger partial charge >= 0.3 is 0 Å². The fourth-order valence-corrected chi connectivity index (χ4v) is 7.04. The van der Waals surface area contributed by atoms with Crippen molar-refractivity contribution in [3.8, 4) is 16.8 Å². The van der Waals surface area contributed by atoms with E-state index in [1.165, 1.54) is 71.3 Å². The summed E-state index contributed by atoms with van der Waals surface area (Å²) in [6.45, 7) is 5.02. The van der Waals surface area contributed by atoms with Crippen LogP contribution in [0.3, 0.4) is 0 Å². The molecule has 0 spiro atoms. The first kappa shape index (κ1) is 26.4. The number of aromatic nitrogens is 1. The average Bonchev–Trinajstić information content (AvgIpc) is 3.42. The van der Waals surface area contributed by atoms with Gasteiger partial charge in [-0.05, 0) is 80.7 Å². The van der Waals surface area contributed by atoms with Gasteiger partial charge in [-0.15, -0.1) is 0 Å². The molecule has 44 heavy (non-hydrogen) atoms. The minimum absolute atomic E-state index is 0.885.